The van der Waals surface area contributed by atoms with E-state index in [-0.39, 0.29) is 5.82 Å². The van der Waals surface area contributed by atoms with Gasteiger partial charge in [0.25, 0.3) is 5.22 Å². The molecule has 5 rings (SSSR count). The summed E-state index contributed by atoms with van der Waals surface area (Å²) in [6.07, 6.45) is 1.52. The lowest BCUT2D eigenvalue weighted by Gasteiger charge is -2.24. The smallest absolute Gasteiger partial charge is 0.283 e. The molecule has 0 atom stereocenters. The van der Waals surface area contributed by atoms with E-state index in [0.717, 1.165) is 52.0 Å². The normalized spacial score (nSPS) is 15.2. The quantitative estimate of drug-likeness (QED) is 0.443. The van der Waals surface area contributed by atoms with Crippen LogP contribution in [-0.2, 0) is 11.3 Å². The first-order valence-corrected chi connectivity index (χ1v) is 10.7. The van der Waals surface area contributed by atoms with E-state index in [9.17, 15) is 4.39 Å². The van der Waals surface area contributed by atoms with Crippen LogP contribution in [0.4, 0.5) is 4.39 Å². The Morgan fingerprint density at radius 1 is 1.10 bits per heavy atom. The Morgan fingerprint density at radius 2 is 1.93 bits per heavy atom. The molecule has 1 aliphatic heterocycles. The molecule has 1 saturated heterocycles. The van der Waals surface area contributed by atoms with E-state index in [2.05, 4.69) is 25.1 Å². The van der Waals surface area contributed by atoms with Gasteiger partial charge in [0, 0.05) is 18.0 Å². The van der Waals surface area contributed by atoms with E-state index in [0.29, 0.717) is 17.7 Å². The number of aromatic nitrogens is 4. The number of benzene rings is 1. The van der Waals surface area contributed by atoms with Crippen molar-refractivity contribution in [3.8, 4) is 10.4 Å². The minimum absolute atomic E-state index is 0.254. The molecule has 4 heterocycles. The fourth-order valence-electron chi connectivity index (χ4n) is 3.04. The van der Waals surface area contributed by atoms with Crippen molar-refractivity contribution in [1.82, 2.24) is 25.1 Å². The summed E-state index contributed by atoms with van der Waals surface area (Å²) in [5.74, 6) is 0.327. The molecular formula is C19H16FN5O2S2. The van der Waals surface area contributed by atoms with Crippen LogP contribution in [0.1, 0.15) is 5.89 Å². The summed E-state index contributed by atoms with van der Waals surface area (Å²) in [7, 11) is 0. The average Bonchev–Trinajstić information content (AvgIpc) is 3.37. The third-order valence-electron chi connectivity index (χ3n) is 4.50. The Bertz CT molecular complexity index is 1130. The third kappa shape index (κ3) is 4.15. The molecular weight excluding hydrogens is 413 g/mol. The number of hydrogen-bond acceptors (Lipinski definition) is 9. The van der Waals surface area contributed by atoms with Crippen molar-refractivity contribution in [3.05, 3.63) is 48.4 Å². The van der Waals surface area contributed by atoms with Crippen LogP contribution < -0.4 is 0 Å². The number of nitrogens with zero attached hydrogens (tertiary/aromatic N) is 5. The van der Waals surface area contributed by atoms with Crippen molar-refractivity contribution >= 4 is 33.3 Å². The highest BCUT2D eigenvalue weighted by Gasteiger charge is 2.17. The minimum Gasteiger partial charge on any atom is -0.414 e. The van der Waals surface area contributed by atoms with Gasteiger partial charge < -0.3 is 9.15 Å². The number of hydrogen-bond donors (Lipinski definition) is 0. The maximum atomic E-state index is 13.2. The molecule has 4 aromatic rings. The predicted octanol–water partition coefficient (Wildman–Crippen LogP) is 3.86. The van der Waals surface area contributed by atoms with Crippen molar-refractivity contribution in [2.75, 3.05) is 26.3 Å². The van der Waals surface area contributed by atoms with Gasteiger partial charge in [0.1, 0.15) is 17.2 Å². The zero-order valence-electron chi connectivity index (χ0n) is 15.2. The Hall–Kier alpha value is -2.40. The number of morpholine rings is 1. The van der Waals surface area contributed by atoms with Crippen molar-refractivity contribution < 1.29 is 13.5 Å². The SMILES string of the molecule is Fc1ccc(-c2cc3ncnc(Sc4nnc(CN5CCOCC5)o4)c3s2)cc1. The van der Waals surface area contributed by atoms with Crippen LogP contribution in [0.2, 0.25) is 0 Å². The van der Waals surface area contributed by atoms with Gasteiger partial charge in [-0.3, -0.25) is 4.90 Å². The topological polar surface area (TPSA) is 77.2 Å². The molecule has 10 heteroatoms. The van der Waals surface area contributed by atoms with E-state index in [4.69, 9.17) is 9.15 Å². The van der Waals surface area contributed by atoms with Gasteiger partial charge in [0.2, 0.25) is 5.89 Å². The zero-order chi connectivity index (χ0) is 19.6. The van der Waals surface area contributed by atoms with Gasteiger partial charge in [-0.15, -0.1) is 21.5 Å². The van der Waals surface area contributed by atoms with E-state index < -0.39 is 0 Å². The summed E-state index contributed by atoms with van der Waals surface area (Å²) >= 11 is 2.88. The molecule has 3 aromatic heterocycles. The third-order valence-corrected chi connectivity index (χ3v) is 6.65. The number of ether oxygens (including phenoxy) is 1. The van der Waals surface area contributed by atoms with Crippen LogP contribution in [0, 0.1) is 5.82 Å². The maximum Gasteiger partial charge on any atom is 0.283 e. The molecule has 0 radical (unpaired) electrons. The van der Waals surface area contributed by atoms with E-state index >= 15 is 0 Å². The van der Waals surface area contributed by atoms with Crippen LogP contribution >= 0.6 is 23.1 Å². The van der Waals surface area contributed by atoms with Gasteiger partial charge in [-0.2, -0.15) is 0 Å². The lowest BCUT2D eigenvalue weighted by Crippen LogP contribution is -2.35. The number of fused-ring (bicyclic) bond motifs is 1. The van der Waals surface area contributed by atoms with Crippen LogP contribution in [0.15, 0.2) is 51.3 Å². The first-order chi connectivity index (χ1) is 14.2. The Labute approximate surface area is 173 Å². The summed E-state index contributed by atoms with van der Waals surface area (Å²) < 4.78 is 25.3. The lowest BCUT2D eigenvalue weighted by atomic mass is 10.2. The van der Waals surface area contributed by atoms with Crippen LogP contribution in [-0.4, -0.2) is 51.4 Å². The molecule has 0 amide bonds. The number of rotatable bonds is 5. The number of halogens is 1. The highest BCUT2D eigenvalue weighted by atomic mass is 32.2. The Morgan fingerprint density at radius 3 is 2.76 bits per heavy atom. The van der Waals surface area contributed by atoms with E-state index in [1.54, 1.807) is 23.5 Å². The van der Waals surface area contributed by atoms with Gasteiger partial charge >= 0.3 is 0 Å². The summed E-state index contributed by atoms with van der Waals surface area (Å²) in [6, 6.07) is 8.41. The summed E-state index contributed by atoms with van der Waals surface area (Å²) in [6.45, 7) is 3.79. The van der Waals surface area contributed by atoms with E-state index in [1.807, 2.05) is 6.07 Å². The molecule has 1 fully saturated rings. The maximum absolute atomic E-state index is 13.2. The van der Waals surface area contributed by atoms with E-state index in [1.165, 1.54) is 30.2 Å². The first kappa shape index (κ1) is 18.6. The zero-order valence-corrected chi connectivity index (χ0v) is 16.9. The second-order valence-corrected chi connectivity index (χ2v) is 8.46. The van der Waals surface area contributed by atoms with Crippen molar-refractivity contribution in [2.45, 2.75) is 16.8 Å². The Kier molecular flexibility index (Phi) is 5.23. The summed E-state index contributed by atoms with van der Waals surface area (Å²) in [4.78, 5) is 12.0. The van der Waals surface area contributed by atoms with Gasteiger partial charge in [-0.05, 0) is 35.5 Å². The number of thiophene rings is 1. The highest BCUT2D eigenvalue weighted by molar-refractivity contribution is 7.99. The van der Waals surface area contributed by atoms with Crippen LogP contribution in [0.3, 0.4) is 0 Å². The van der Waals surface area contributed by atoms with Gasteiger partial charge in [0.15, 0.2) is 0 Å². The van der Waals surface area contributed by atoms with Gasteiger partial charge in [0.05, 0.1) is 30.0 Å². The molecule has 0 saturated carbocycles. The molecule has 148 valence electrons. The van der Waals surface area contributed by atoms with Gasteiger partial charge in [-0.25, -0.2) is 14.4 Å². The lowest BCUT2D eigenvalue weighted by molar-refractivity contribution is 0.0301. The monoisotopic (exact) mass is 429 g/mol. The average molecular weight is 430 g/mol. The fraction of sp³-hybridized carbons (Fsp3) is 0.263. The molecule has 0 spiro atoms. The highest BCUT2D eigenvalue weighted by Crippen LogP contribution is 2.38. The molecule has 1 aliphatic rings. The Balaban J connectivity index is 1.37. The van der Waals surface area contributed by atoms with Crippen LogP contribution in [0.25, 0.3) is 20.7 Å². The second-order valence-electron chi connectivity index (χ2n) is 6.46. The molecule has 0 aliphatic carbocycles. The predicted molar refractivity (Wildman–Crippen MR) is 107 cm³/mol. The fourth-order valence-corrected chi connectivity index (χ4v) is 4.97. The second kappa shape index (κ2) is 8.15. The van der Waals surface area contributed by atoms with Gasteiger partial charge in [-0.1, -0.05) is 12.1 Å². The van der Waals surface area contributed by atoms with Crippen molar-refractivity contribution in [2.24, 2.45) is 0 Å². The molecule has 7 nitrogen and oxygen atoms in total. The molecule has 0 N–H and O–H groups in total. The molecule has 29 heavy (non-hydrogen) atoms. The molecule has 0 bridgehead atoms. The van der Waals surface area contributed by atoms with Crippen molar-refractivity contribution in [3.63, 3.8) is 0 Å². The largest absolute Gasteiger partial charge is 0.414 e. The first-order valence-electron chi connectivity index (χ1n) is 9.05. The standard InChI is InChI=1S/C19H16FN5O2S2/c20-13-3-1-12(2-4-13)15-9-14-17(28-15)18(22-11-21-14)29-19-24-23-16(27-19)10-25-5-7-26-8-6-25/h1-4,9,11H,5-8,10H2. The molecule has 1 aromatic carbocycles. The minimum atomic E-state index is -0.254. The summed E-state index contributed by atoms with van der Waals surface area (Å²) in [5.41, 5.74) is 1.77. The summed E-state index contributed by atoms with van der Waals surface area (Å²) in [5, 5.41) is 9.51. The van der Waals surface area contributed by atoms with Crippen LogP contribution in [0.5, 0.6) is 0 Å². The molecule has 0 unspecified atom stereocenters. The van der Waals surface area contributed by atoms with Crippen molar-refractivity contribution in [1.29, 1.82) is 0 Å².